The molecule has 0 unspecified atom stereocenters. The molecule has 0 radical (unpaired) electrons. The van der Waals surface area contributed by atoms with Gasteiger partial charge >= 0.3 is 15.8 Å². The number of nitrogens with zero attached hydrogens (tertiary/aromatic N) is 2. The van der Waals surface area contributed by atoms with Crippen molar-refractivity contribution in [2.75, 3.05) is 0 Å². The summed E-state index contributed by atoms with van der Waals surface area (Å²) in [5.41, 5.74) is -0.425. The maximum absolute atomic E-state index is 11.2. The van der Waals surface area contributed by atoms with E-state index in [1.54, 1.807) is 0 Å². The maximum Gasteiger partial charge on any atom is 0.407 e. The molecule has 0 aliphatic carbocycles. The molecule has 2 N–H and O–H groups in total. The number of hydrogen-bond acceptors (Lipinski definition) is 5. The third-order valence-electron chi connectivity index (χ3n) is 1.96. The summed E-state index contributed by atoms with van der Waals surface area (Å²) in [6.45, 7) is 1.42. The monoisotopic (exact) mass is 484 g/mol. The molecular formula is C7H6BrIN2O6S2. The molecule has 106 valence electrons. The van der Waals surface area contributed by atoms with Crippen LogP contribution in [0.1, 0.15) is 5.56 Å². The van der Waals surface area contributed by atoms with Gasteiger partial charge in [0.2, 0.25) is 10.3 Å². The molecule has 0 amide bonds. The summed E-state index contributed by atoms with van der Waals surface area (Å²) in [4.78, 5) is 0.415. The lowest BCUT2D eigenvalue weighted by atomic mass is 10.2. The Morgan fingerprint density at radius 2 is 1.58 bits per heavy atom. The van der Waals surface area contributed by atoms with E-state index in [9.17, 15) is 16.8 Å². The third-order valence-corrected chi connectivity index (χ3v) is 5.70. The van der Waals surface area contributed by atoms with Gasteiger partial charge in [-0.2, -0.15) is 16.8 Å². The molecule has 1 rings (SSSR count). The molecule has 0 bridgehead atoms. The first kappa shape index (κ1) is 18.7. The Labute approximate surface area is 133 Å². The van der Waals surface area contributed by atoms with Crippen LogP contribution in [0.5, 0.6) is 0 Å². The summed E-state index contributed by atoms with van der Waals surface area (Å²) in [5.74, 6) is 0. The van der Waals surface area contributed by atoms with E-state index in [0.717, 1.165) is 6.07 Å². The fourth-order valence-corrected chi connectivity index (χ4v) is 4.78. The minimum absolute atomic E-state index is 0. The van der Waals surface area contributed by atoms with Crippen LogP contribution in [0.15, 0.2) is 15.9 Å². The molecule has 0 spiro atoms. The van der Waals surface area contributed by atoms with Crippen LogP contribution in [0.25, 0.3) is 4.98 Å². The van der Waals surface area contributed by atoms with Gasteiger partial charge in [0.25, 0.3) is 10.1 Å². The van der Waals surface area contributed by atoms with Crippen molar-refractivity contribution in [1.82, 2.24) is 0 Å². The van der Waals surface area contributed by atoms with Crippen molar-refractivity contribution in [3.05, 3.63) is 20.2 Å². The molecule has 0 saturated carbocycles. The molecule has 0 aromatic heterocycles. The normalized spacial score (nSPS) is 11.5. The molecule has 1 aromatic rings. The summed E-state index contributed by atoms with van der Waals surface area (Å²) in [7, 11) is -9.92. The smallest absolute Gasteiger partial charge is 0.407 e. The Morgan fingerprint density at radius 3 is 1.89 bits per heavy atom. The number of diazo groups is 1. The van der Waals surface area contributed by atoms with E-state index >= 15 is 0 Å². The molecule has 12 heteroatoms. The van der Waals surface area contributed by atoms with Crippen LogP contribution in [0, 0.1) is 15.9 Å². The maximum atomic E-state index is 11.2. The zero-order valence-corrected chi connectivity index (χ0v) is 14.4. The zero-order chi connectivity index (χ0) is 14.3. The van der Waals surface area contributed by atoms with Crippen molar-refractivity contribution in [2.24, 2.45) is 0 Å². The van der Waals surface area contributed by atoms with E-state index in [-0.39, 0.29) is 26.1 Å². The van der Waals surface area contributed by atoms with Crippen LogP contribution in [-0.4, -0.2) is 25.9 Å². The van der Waals surface area contributed by atoms with Crippen molar-refractivity contribution in [3.63, 3.8) is 0 Å². The second-order valence-corrected chi connectivity index (χ2v) is 7.03. The fourth-order valence-electron chi connectivity index (χ4n) is 1.28. The second-order valence-electron chi connectivity index (χ2n) is 3.23. The van der Waals surface area contributed by atoms with E-state index in [4.69, 9.17) is 14.5 Å². The number of aryl methyl sites for hydroxylation is 1. The van der Waals surface area contributed by atoms with Crippen LogP contribution in [0.2, 0.25) is 0 Å². The van der Waals surface area contributed by atoms with E-state index in [0.29, 0.717) is 0 Å². The molecule has 0 aliphatic heterocycles. The van der Waals surface area contributed by atoms with Crippen LogP contribution in [0.4, 0.5) is 5.69 Å². The Morgan fingerprint density at radius 1 is 1.16 bits per heavy atom. The average molecular weight is 485 g/mol. The Kier molecular flexibility index (Phi) is 5.87. The molecule has 1 aromatic carbocycles. The minimum atomic E-state index is -5.00. The topological polar surface area (TPSA) is 137 Å². The van der Waals surface area contributed by atoms with Crippen LogP contribution in [-0.2, 0) is 20.2 Å². The molecule has 19 heavy (non-hydrogen) atoms. The van der Waals surface area contributed by atoms with E-state index < -0.39 is 35.7 Å². The summed E-state index contributed by atoms with van der Waals surface area (Å²) in [6, 6.07) is 1.06. The summed E-state index contributed by atoms with van der Waals surface area (Å²) >= 11 is 1.49. The molecule has 0 heterocycles. The van der Waals surface area contributed by atoms with Crippen molar-refractivity contribution >= 4 is 48.5 Å². The van der Waals surface area contributed by atoms with Gasteiger partial charge in [0.1, 0.15) is 4.90 Å². The predicted octanol–water partition coefficient (Wildman–Crippen LogP) is -1.42. The fraction of sp³-hybridized carbons (Fsp3) is 0.143. The highest BCUT2D eigenvalue weighted by Gasteiger charge is 2.37. The van der Waals surface area contributed by atoms with Gasteiger partial charge < -0.3 is 17.0 Å². The first-order chi connectivity index (χ1) is 8.00. The Hall–Kier alpha value is -0.330. The average Bonchev–Trinajstić information content (AvgIpc) is 2.17. The van der Waals surface area contributed by atoms with Crippen LogP contribution >= 0.6 is 22.6 Å². The number of rotatable bonds is 2. The highest BCUT2D eigenvalue weighted by molar-refractivity contribution is 14.1. The molecule has 0 atom stereocenters. The van der Waals surface area contributed by atoms with Gasteiger partial charge in [-0.25, -0.2) is 0 Å². The standard InChI is InChI=1S/C7H5IN2O6S2.BrH/c1-3-2-4(10-9)6(17(11,12)13)7(5(3)8)18(14,15)16;/h2H,1H3,(H-,11,12,13,14,15,16);1H. The second kappa shape index (κ2) is 5.97. The SMILES string of the molecule is Cc1cc([N+]#N)c(S(=O)(=O)O)c(S(=O)(=O)O)c1I.[Br-]. The zero-order valence-electron chi connectivity index (χ0n) is 9.07. The molecule has 0 aliphatic rings. The van der Waals surface area contributed by atoms with E-state index in [2.05, 4.69) is 4.98 Å². The van der Waals surface area contributed by atoms with Gasteiger partial charge in [-0.15, -0.1) is 0 Å². The third kappa shape index (κ3) is 3.83. The van der Waals surface area contributed by atoms with Gasteiger partial charge in [0.15, 0.2) is 4.98 Å². The number of halogens is 2. The highest BCUT2D eigenvalue weighted by Crippen LogP contribution is 2.36. The first-order valence-corrected chi connectivity index (χ1v) is 8.09. The van der Waals surface area contributed by atoms with Crippen LogP contribution < -0.4 is 17.0 Å². The van der Waals surface area contributed by atoms with Crippen molar-refractivity contribution < 1.29 is 42.9 Å². The summed E-state index contributed by atoms with van der Waals surface area (Å²) in [5, 5.41) is 8.66. The number of hydrogen-bond donors (Lipinski definition) is 2. The highest BCUT2D eigenvalue weighted by atomic mass is 127. The first-order valence-electron chi connectivity index (χ1n) is 4.13. The minimum Gasteiger partial charge on any atom is -1.00 e. The van der Waals surface area contributed by atoms with Crippen molar-refractivity contribution in [2.45, 2.75) is 16.7 Å². The van der Waals surface area contributed by atoms with Gasteiger partial charge in [-0.1, -0.05) is 0 Å². The molecule has 0 fully saturated rings. The van der Waals surface area contributed by atoms with Gasteiger partial charge in [-0.3, -0.25) is 9.11 Å². The summed E-state index contributed by atoms with van der Waals surface area (Å²) < 4.78 is 62.6. The van der Waals surface area contributed by atoms with Crippen molar-refractivity contribution in [3.8, 4) is 0 Å². The quantitative estimate of drug-likeness (QED) is 0.298. The van der Waals surface area contributed by atoms with E-state index in [1.165, 1.54) is 29.5 Å². The van der Waals surface area contributed by atoms with Gasteiger partial charge in [-0.05, 0) is 35.1 Å². The lowest BCUT2D eigenvalue weighted by Crippen LogP contribution is -3.00. The van der Waals surface area contributed by atoms with Crippen molar-refractivity contribution in [1.29, 1.82) is 5.39 Å². The largest absolute Gasteiger partial charge is 1.00 e. The Bertz CT molecular complexity index is 768. The van der Waals surface area contributed by atoms with Gasteiger partial charge in [0, 0.05) is 9.64 Å². The lowest BCUT2D eigenvalue weighted by molar-refractivity contribution is -0.0000120. The van der Waals surface area contributed by atoms with Gasteiger partial charge in [0.05, 0.1) is 0 Å². The molecule has 0 saturated heterocycles. The predicted molar refractivity (Wildman–Crippen MR) is 68.3 cm³/mol. The van der Waals surface area contributed by atoms with Crippen LogP contribution in [0.3, 0.4) is 0 Å². The van der Waals surface area contributed by atoms with E-state index in [1.807, 2.05) is 0 Å². The Balaban J connectivity index is 0.00000324. The molecular weight excluding hydrogens is 479 g/mol. The lowest BCUT2D eigenvalue weighted by Gasteiger charge is -2.06. The number of benzene rings is 1. The summed E-state index contributed by atoms with van der Waals surface area (Å²) in [6.07, 6.45) is 0. The molecule has 8 nitrogen and oxygen atoms in total.